The first kappa shape index (κ1) is 11.5. The molecule has 94 valence electrons. The molecule has 0 saturated carbocycles. The van der Waals surface area contributed by atoms with Gasteiger partial charge in [0.05, 0.1) is 16.4 Å². The van der Waals surface area contributed by atoms with E-state index in [2.05, 4.69) is 20.0 Å². The molecule has 0 aromatic carbocycles. The molecule has 1 N–H and O–H groups in total. The molecule has 0 aliphatic carbocycles. The Morgan fingerprint density at radius 3 is 3.06 bits per heavy atom. The van der Waals surface area contributed by atoms with Crippen molar-refractivity contribution in [3.8, 4) is 0 Å². The molecule has 4 nitrogen and oxygen atoms in total. The molecule has 5 heteroatoms. The number of hydrogen-bond donors (Lipinski definition) is 1. The Morgan fingerprint density at radius 2 is 2.29 bits per heavy atom. The smallest absolute Gasteiger partial charge is 0.0951 e. The third-order valence-electron chi connectivity index (χ3n) is 3.99. The number of aryl methyl sites for hydroxylation is 1. The second kappa shape index (κ2) is 4.59. The van der Waals surface area contributed by atoms with Crippen LogP contribution < -0.4 is 0 Å². The molecule has 0 unspecified atom stereocenters. The molecule has 2 aliphatic rings. The van der Waals surface area contributed by atoms with Gasteiger partial charge in [-0.25, -0.2) is 0 Å². The molecule has 2 saturated heterocycles. The monoisotopic (exact) mass is 254 g/mol. The molecule has 1 aromatic rings. The van der Waals surface area contributed by atoms with E-state index in [-0.39, 0.29) is 0 Å². The summed E-state index contributed by atoms with van der Waals surface area (Å²) in [5.74, 6) is 0. The van der Waals surface area contributed by atoms with Crippen LogP contribution in [0.25, 0.3) is 0 Å². The van der Waals surface area contributed by atoms with Crippen molar-refractivity contribution in [1.82, 2.24) is 20.0 Å². The zero-order valence-corrected chi connectivity index (χ0v) is 11.0. The Bertz CT molecular complexity index is 403. The van der Waals surface area contributed by atoms with Crippen LogP contribution in [-0.4, -0.2) is 52.2 Å². The predicted molar refractivity (Wildman–Crippen MR) is 68.2 cm³/mol. The second-order valence-electron chi connectivity index (χ2n) is 5.18. The van der Waals surface area contributed by atoms with Crippen molar-refractivity contribution >= 4 is 11.6 Å². The average Bonchev–Trinajstić information content (AvgIpc) is 2.90. The molecule has 3 rings (SSSR count). The highest BCUT2D eigenvalue weighted by atomic mass is 35.5. The minimum absolute atomic E-state index is 0.766. The van der Waals surface area contributed by atoms with Crippen molar-refractivity contribution < 1.29 is 0 Å². The van der Waals surface area contributed by atoms with Crippen molar-refractivity contribution in [3.05, 3.63) is 16.4 Å². The van der Waals surface area contributed by atoms with Crippen LogP contribution in [0.3, 0.4) is 0 Å². The predicted octanol–water partition coefficient (Wildman–Crippen LogP) is 1.65. The molecular weight excluding hydrogens is 236 g/mol. The van der Waals surface area contributed by atoms with E-state index in [9.17, 15) is 0 Å². The Labute approximate surface area is 107 Å². The number of aromatic nitrogens is 2. The van der Waals surface area contributed by atoms with E-state index in [0.29, 0.717) is 0 Å². The van der Waals surface area contributed by atoms with Crippen molar-refractivity contribution in [2.45, 2.75) is 32.4 Å². The van der Waals surface area contributed by atoms with Gasteiger partial charge in [-0.3, -0.25) is 14.9 Å². The van der Waals surface area contributed by atoms with Crippen molar-refractivity contribution in [1.29, 1.82) is 0 Å². The van der Waals surface area contributed by atoms with Gasteiger partial charge in [-0.15, -0.1) is 0 Å². The summed E-state index contributed by atoms with van der Waals surface area (Å²) in [7, 11) is 0. The fourth-order valence-electron chi connectivity index (χ4n) is 2.98. The summed E-state index contributed by atoms with van der Waals surface area (Å²) in [4.78, 5) is 5.10. The Kier molecular flexibility index (Phi) is 3.11. The van der Waals surface area contributed by atoms with Crippen LogP contribution in [0.15, 0.2) is 0 Å². The van der Waals surface area contributed by atoms with E-state index in [1.807, 2.05) is 6.92 Å². The minimum Gasteiger partial charge on any atom is -0.298 e. The topological polar surface area (TPSA) is 35.2 Å². The van der Waals surface area contributed by atoms with Crippen LogP contribution in [0.1, 0.15) is 24.2 Å². The Balaban J connectivity index is 1.64. The highest BCUT2D eigenvalue weighted by molar-refractivity contribution is 6.31. The first-order valence-corrected chi connectivity index (χ1v) is 6.77. The van der Waals surface area contributed by atoms with Gasteiger partial charge < -0.3 is 0 Å². The quantitative estimate of drug-likeness (QED) is 0.872. The summed E-state index contributed by atoms with van der Waals surface area (Å²) in [6.07, 6.45) is 2.71. The summed E-state index contributed by atoms with van der Waals surface area (Å²) in [5.41, 5.74) is 1.97. The lowest BCUT2D eigenvalue weighted by molar-refractivity contribution is 0.0984. The van der Waals surface area contributed by atoms with E-state index >= 15 is 0 Å². The van der Waals surface area contributed by atoms with Crippen molar-refractivity contribution in [2.75, 3.05) is 26.2 Å². The van der Waals surface area contributed by atoms with Gasteiger partial charge in [-0.1, -0.05) is 11.6 Å². The molecule has 0 spiro atoms. The number of piperazine rings is 1. The van der Waals surface area contributed by atoms with Gasteiger partial charge in [-0.05, 0) is 26.3 Å². The van der Waals surface area contributed by atoms with E-state index in [4.69, 9.17) is 11.6 Å². The fourth-order valence-corrected chi connectivity index (χ4v) is 3.13. The number of nitrogens with zero attached hydrogens (tertiary/aromatic N) is 3. The maximum absolute atomic E-state index is 6.21. The summed E-state index contributed by atoms with van der Waals surface area (Å²) < 4.78 is 0. The fraction of sp³-hybridized carbons (Fsp3) is 0.750. The molecule has 3 heterocycles. The average molecular weight is 255 g/mol. The molecule has 0 bridgehead atoms. The van der Waals surface area contributed by atoms with Crippen LogP contribution in [0, 0.1) is 6.92 Å². The van der Waals surface area contributed by atoms with Gasteiger partial charge >= 0.3 is 0 Å². The van der Waals surface area contributed by atoms with Crippen LogP contribution in [0.2, 0.25) is 5.02 Å². The van der Waals surface area contributed by atoms with E-state index in [1.165, 1.54) is 32.5 Å². The largest absolute Gasteiger partial charge is 0.298 e. The molecule has 0 radical (unpaired) electrons. The van der Waals surface area contributed by atoms with Gasteiger partial charge in [0, 0.05) is 32.2 Å². The Morgan fingerprint density at radius 1 is 1.41 bits per heavy atom. The van der Waals surface area contributed by atoms with Gasteiger partial charge in [0.15, 0.2) is 0 Å². The third kappa shape index (κ3) is 2.21. The standard InChI is InChI=1S/C12H19ClN4/c1-9-12(13)11(15-14-9)8-16-5-6-17-4-2-3-10(17)7-16/h10H,2-8H2,1H3,(H,14,15)/t10-/m0/s1. The lowest BCUT2D eigenvalue weighted by atomic mass is 10.1. The van der Waals surface area contributed by atoms with E-state index < -0.39 is 0 Å². The normalized spacial score (nSPS) is 26.4. The minimum atomic E-state index is 0.766. The zero-order chi connectivity index (χ0) is 11.8. The number of aromatic amines is 1. The van der Waals surface area contributed by atoms with E-state index in [0.717, 1.165) is 35.5 Å². The van der Waals surface area contributed by atoms with E-state index in [1.54, 1.807) is 0 Å². The summed E-state index contributed by atoms with van der Waals surface area (Å²) in [5, 5.41) is 8.04. The van der Waals surface area contributed by atoms with Crippen molar-refractivity contribution in [2.24, 2.45) is 0 Å². The lowest BCUT2D eigenvalue weighted by Gasteiger charge is -2.37. The van der Waals surface area contributed by atoms with Crippen LogP contribution in [-0.2, 0) is 6.54 Å². The molecule has 1 aromatic heterocycles. The third-order valence-corrected chi connectivity index (χ3v) is 4.49. The highest BCUT2D eigenvalue weighted by Gasteiger charge is 2.30. The van der Waals surface area contributed by atoms with Gasteiger partial charge in [0.2, 0.25) is 0 Å². The molecular formula is C12H19ClN4. The SMILES string of the molecule is Cc1[nH]nc(CN2CCN3CCC[C@H]3C2)c1Cl. The number of halogens is 1. The zero-order valence-electron chi connectivity index (χ0n) is 10.2. The van der Waals surface area contributed by atoms with Crippen LogP contribution >= 0.6 is 11.6 Å². The summed E-state index contributed by atoms with van der Waals surface area (Å²) in [6, 6.07) is 0.766. The van der Waals surface area contributed by atoms with Crippen molar-refractivity contribution in [3.63, 3.8) is 0 Å². The van der Waals surface area contributed by atoms with Gasteiger partial charge in [0.1, 0.15) is 0 Å². The van der Waals surface area contributed by atoms with Crippen LogP contribution in [0.5, 0.6) is 0 Å². The second-order valence-corrected chi connectivity index (χ2v) is 5.55. The molecule has 2 fully saturated rings. The number of hydrogen-bond acceptors (Lipinski definition) is 3. The number of H-pyrrole nitrogens is 1. The lowest BCUT2D eigenvalue weighted by Crippen LogP contribution is -2.49. The maximum atomic E-state index is 6.21. The number of fused-ring (bicyclic) bond motifs is 1. The van der Waals surface area contributed by atoms with Gasteiger partial charge in [0.25, 0.3) is 0 Å². The maximum Gasteiger partial charge on any atom is 0.0951 e. The van der Waals surface area contributed by atoms with Gasteiger partial charge in [-0.2, -0.15) is 5.10 Å². The molecule has 0 amide bonds. The number of nitrogens with one attached hydrogen (secondary N) is 1. The summed E-state index contributed by atoms with van der Waals surface area (Å²) in [6.45, 7) is 7.65. The molecule has 1 atom stereocenters. The Hall–Kier alpha value is -0.580. The summed E-state index contributed by atoms with van der Waals surface area (Å²) >= 11 is 6.21. The first-order chi connectivity index (χ1) is 8.24. The first-order valence-electron chi connectivity index (χ1n) is 6.40. The molecule has 2 aliphatic heterocycles. The number of rotatable bonds is 2. The molecule has 17 heavy (non-hydrogen) atoms. The highest BCUT2D eigenvalue weighted by Crippen LogP contribution is 2.24. The van der Waals surface area contributed by atoms with Crippen LogP contribution in [0.4, 0.5) is 0 Å².